The second-order valence-electron chi connectivity index (χ2n) is 5.75. The molecule has 146 valence electrons. The Labute approximate surface area is 165 Å². The summed E-state index contributed by atoms with van der Waals surface area (Å²) in [5.74, 6) is -0.871. The molecule has 0 spiro atoms. The summed E-state index contributed by atoms with van der Waals surface area (Å²) in [5.41, 5.74) is 1.36. The van der Waals surface area contributed by atoms with Crippen molar-refractivity contribution in [3.63, 3.8) is 0 Å². The number of aliphatic hydroxyl groups excluding tert-OH is 1. The van der Waals surface area contributed by atoms with Gasteiger partial charge in [0.1, 0.15) is 11.9 Å². The monoisotopic (exact) mass is 413 g/mol. The summed E-state index contributed by atoms with van der Waals surface area (Å²) in [7, 11) is 2.62. The molecule has 9 heteroatoms. The summed E-state index contributed by atoms with van der Waals surface area (Å²) in [6, 6.07) is 12.7. The molecule has 3 atom stereocenters. The molecule has 3 N–H and O–H groups in total. The molecule has 3 unspecified atom stereocenters. The fraction of sp³-hybridized carbons (Fsp3) is 0.278. The van der Waals surface area contributed by atoms with E-state index in [2.05, 4.69) is 10.0 Å². The highest BCUT2D eigenvalue weighted by molar-refractivity contribution is 7.80. The molecular weight excluding hydrogens is 393 g/mol. The third-order valence-electron chi connectivity index (χ3n) is 4.09. The first kappa shape index (κ1) is 21.5. The molecule has 0 radical (unpaired) electrons. The first-order valence-corrected chi connectivity index (χ1v) is 9.60. The zero-order valence-corrected chi connectivity index (χ0v) is 16.4. The van der Waals surface area contributed by atoms with Crippen molar-refractivity contribution >= 4 is 34.4 Å². The molecule has 1 saturated heterocycles. The third-order valence-corrected chi connectivity index (χ3v) is 5.65. The van der Waals surface area contributed by atoms with Crippen molar-refractivity contribution in [3.05, 3.63) is 64.9 Å². The highest BCUT2D eigenvalue weighted by atomic mass is 35.5. The minimum Gasteiger partial charge on any atom is -0.400 e. The maximum absolute atomic E-state index is 13.2. The summed E-state index contributed by atoms with van der Waals surface area (Å²) >= 11 is 4.25. The topological polar surface area (TPSA) is 81.7 Å². The van der Waals surface area contributed by atoms with Gasteiger partial charge in [0.15, 0.2) is 11.2 Å². The number of hydrogen-bond acceptors (Lipinski definition) is 3. The summed E-state index contributed by atoms with van der Waals surface area (Å²) in [4.78, 5) is 12.6. The van der Waals surface area contributed by atoms with Gasteiger partial charge in [-0.2, -0.15) is 0 Å². The van der Waals surface area contributed by atoms with E-state index in [0.717, 1.165) is 12.7 Å². The van der Waals surface area contributed by atoms with E-state index in [-0.39, 0.29) is 17.0 Å². The normalized spacial score (nSPS) is 22.5. The molecule has 0 aliphatic carbocycles. The van der Waals surface area contributed by atoms with Gasteiger partial charge in [0.25, 0.3) is 0 Å². The van der Waals surface area contributed by atoms with E-state index in [4.69, 9.17) is 16.7 Å². The minimum absolute atomic E-state index is 0.0674. The van der Waals surface area contributed by atoms with Gasteiger partial charge in [-0.15, -0.1) is 0 Å². The third kappa shape index (κ3) is 5.33. The number of nitrogens with zero attached hydrogens (tertiary/aromatic N) is 1. The summed E-state index contributed by atoms with van der Waals surface area (Å²) in [6.45, 7) is 0. The van der Waals surface area contributed by atoms with Crippen LogP contribution in [0.15, 0.2) is 48.5 Å². The predicted molar refractivity (Wildman–Crippen MR) is 105 cm³/mol. The van der Waals surface area contributed by atoms with Crippen LogP contribution in [0.4, 0.5) is 10.1 Å². The van der Waals surface area contributed by atoms with Crippen LogP contribution < -0.4 is 10.0 Å². The number of nitrogens with one attached hydrogen (secondary N) is 2. The van der Waals surface area contributed by atoms with Crippen molar-refractivity contribution < 1.29 is 18.5 Å². The Morgan fingerprint density at radius 2 is 1.96 bits per heavy atom. The quantitative estimate of drug-likeness (QED) is 0.723. The molecule has 1 amide bonds. The fourth-order valence-corrected chi connectivity index (χ4v) is 3.94. The van der Waals surface area contributed by atoms with E-state index in [1.54, 1.807) is 7.05 Å². The molecule has 2 aromatic rings. The lowest BCUT2D eigenvalue weighted by Crippen LogP contribution is -2.53. The molecule has 0 bridgehead atoms. The summed E-state index contributed by atoms with van der Waals surface area (Å²) in [5, 5.41) is 9.64. The number of likely N-dealkylation sites (N-methyl/N-ethyl adjacent to an activating group) is 1. The SMILES string of the molecule is CN1C(C(=O)Nc2ccc(F)c(Cl)c2)CC(c2ccccc2)NS1=O.CO. The second kappa shape index (κ2) is 9.91. The van der Waals surface area contributed by atoms with E-state index in [1.807, 2.05) is 30.3 Å². The number of carbonyl (C=O) groups excluding carboxylic acids is 1. The van der Waals surface area contributed by atoms with Gasteiger partial charge in [0.05, 0.1) is 5.02 Å². The van der Waals surface area contributed by atoms with Crippen molar-refractivity contribution in [2.45, 2.75) is 18.5 Å². The maximum atomic E-state index is 13.2. The molecule has 1 aliphatic rings. The van der Waals surface area contributed by atoms with Crippen LogP contribution in [-0.2, 0) is 16.0 Å². The highest BCUT2D eigenvalue weighted by Gasteiger charge is 2.36. The molecular formula is C18H21ClFN3O3S. The lowest BCUT2D eigenvalue weighted by molar-refractivity contribution is -0.120. The molecule has 1 fully saturated rings. The molecule has 3 rings (SSSR count). The number of anilines is 1. The van der Waals surface area contributed by atoms with Gasteiger partial charge >= 0.3 is 0 Å². The van der Waals surface area contributed by atoms with Crippen LogP contribution in [0.2, 0.25) is 5.02 Å². The highest BCUT2D eigenvalue weighted by Crippen LogP contribution is 2.27. The number of amides is 1. The van der Waals surface area contributed by atoms with Crippen LogP contribution in [-0.4, -0.2) is 39.7 Å². The van der Waals surface area contributed by atoms with Crippen molar-refractivity contribution in [1.82, 2.24) is 9.03 Å². The Balaban J connectivity index is 0.00000126. The van der Waals surface area contributed by atoms with E-state index >= 15 is 0 Å². The molecule has 0 aromatic heterocycles. The molecule has 1 heterocycles. The Kier molecular flexibility index (Phi) is 7.88. The number of halogens is 2. The zero-order valence-electron chi connectivity index (χ0n) is 14.9. The van der Waals surface area contributed by atoms with Gasteiger partial charge in [-0.1, -0.05) is 41.9 Å². The first-order valence-electron chi connectivity index (χ1n) is 8.12. The van der Waals surface area contributed by atoms with Gasteiger partial charge in [-0.3, -0.25) is 4.79 Å². The number of benzene rings is 2. The Morgan fingerprint density at radius 3 is 2.59 bits per heavy atom. The Hall–Kier alpha value is -1.84. The van der Waals surface area contributed by atoms with Gasteiger partial charge in [0.2, 0.25) is 5.91 Å². The van der Waals surface area contributed by atoms with Gasteiger partial charge < -0.3 is 10.4 Å². The van der Waals surface area contributed by atoms with Crippen molar-refractivity contribution in [2.75, 3.05) is 19.5 Å². The number of aliphatic hydroxyl groups is 1. The van der Waals surface area contributed by atoms with Crippen LogP contribution in [0, 0.1) is 5.82 Å². The average molecular weight is 414 g/mol. The van der Waals surface area contributed by atoms with Crippen molar-refractivity contribution in [2.24, 2.45) is 0 Å². The van der Waals surface area contributed by atoms with Crippen LogP contribution >= 0.6 is 11.6 Å². The molecule has 6 nitrogen and oxygen atoms in total. The van der Waals surface area contributed by atoms with Crippen LogP contribution in [0.3, 0.4) is 0 Å². The minimum atomic E-state index is -1.50. The summed E-state index contributed by atoms with van der Waals surface area (Å²) < 4.78 is 30.0. The fourth-order valence-electron chi connectivity index (χ4n) is 2.70. The van der Waals surface area contributed by atoms with Crippen molar-refractivity contribution in [3.8, 4) is 0 Å². The maximum Gasteiger partial charge on any atom is 0.242 e. The van der Waals surface area contributed by atoms with E-state index in [1.165, 1.54) is 22.5 Å². The number of hydrogen-bond donors (Lipinski definition) is 3. The molecule has 2 aromatic carbocycles. The lowest BCUT2D eigenvalue weighted by atomic mass is 9.99. The second-order valence-corrected chi connectivity index (χ2v) is 7.46. The largest absolute Gasteiger partial charge is 0.400 e. The molecule has 1 aliphatic heterocycles. The zero-order chi connectivity index (χ0) is 20.0. The van der Waals surface area contributed by atoms with Crippen LogP contribution in [0.5, 0.6) is 0 Å². The van der Waals surface area contributed by atoms with E-state index in [0.29, 0.717) is 12.1 Å². The smallest absolute Gasteiger partial charge is 0.242 e. The summed E-state index contributed by atoms with van der Waals surface area (Å²) in [6.07, 6.45) is 0.451. The van der Waals surface area contributed by atoms with Crippen molar-refractivity contribution in [1.29, 1.82) is 0 Å². The molecule has 27 heavy (non-hydrogen) atoms. The Bertz CT molecular complexity index is 810. The van der Waals surface area contributed by atoms with E-state index < -0.39 is 23.0 Å². The first-order chi connectivity index (χ1) is 13.0. The number of carbonyl (C=O) groups is 1. The standard InChI is InChI=1S/C17H17ClFN3O2S.CH4O/c1-22-16(17(23)20-12-7-8-14(19)13(18)9-12)10-15(21-25(22)24)11-5-3-2-4-6-11;1-2/h2-9,15-16,21H,10H2,1H3,(H,20,23);2H,1H3. The van der Waals surface area contributed by atoms with Gasteiger partial charge in [0, 0.05) is 25.9 Å². The van der Waals surface area contributed by atoms with Crippen LogP contribution in [0.1, 0.15) is 18.0 Å². The van der Waals surface area contributed by atoms with E-state index in [9.17, 15) is 13.4 Å². The Morgan fingerprint density at radius 1 is 1.30 bits per heavy atom. The predicted octanol–water partition coefficient (Wildman–Crippen LogP) is 2.64. The van der Waals surface area contributed by atoms with Gasteiger partial charge in [-0.25, -0.2) is 17.6 Å². The van der Waals surface area contributed by atoms with Crippen LogP contribution in [0.25, 0.3) is 0 Å². The molecule has 0 saturated carbocycles. The lowest BCUT2D eigenvalue weighted by Gasteiger charge is -2.35. The average Bonchev–Trinajstić information content (AvgIpc) is 2.69. The van der Waals surface area contributed by atoms with Gasteiger partial charge in [-0.05, 0) is 30.2 Å². The number of rotatable bonds is 3.